The van der Waals surface area contributed by atoms with Gasteiger partial charge in [0.2, 0.25) is 0 Å². The lowest BCUT2D eigenvalue weighted by Crippen LogP contribution is -2.30. The third kappa shape index (κ3) is 3.69. The van der Waals surface area contributed by atoms with Crippen molar-refractivity contribution in [1.29, 1.82) is 0 Å². The Labute approximate surface area is 104 Å². The summed E-state index contributed by atoms with van der Waals surface area (Å²) in [5, 5.41) is 26.1. The van der Waals surface area contributed by atoms with Crippen molar-refractivity contribution in [2.24, 2.45) is 0 Å². The van der Waals surface area contributed by atoms with Gasteiger partial charge in [-0.25, -0.2) is 4.79 Å². The molecule has 0 unspecified atom stereocenters. The number of nitrogens with one attached hydrogen (secondary N) is 3. The first kappa shape index (κ1) is 13.4. The summed E-state index contributed by atoms with van der Waals surface area (Å²) in [6.45, 7) is -0.0201. The summed E-state index contributed by atoms with van der Waals surface area (Å²) in [6, 6.07) is 2.31. The fraction of sp³-hybridized carbons (Fsp3) is 0.300. The molecule has 0 aliphatic rings. The smallest absolute Gasteiger partial charge is 0.319 e. The highest BCUT2D eigenvalue weighted by Gasteiger charge is 2.09. The van der Waals surface area contributed by atoms with E-state index in [1.165, 1.54) is 12.1 Å². The maximum absolute atomic E-state index is 11.3. The highest BCUT2D eigenvalue weighted by Crippen LogP contribution is 2.33. The van der Waals surface area contributed by atoms with Gasteiger partial charge in [0.05, 0.1) is 23.0 Å². The second-order valence-electron chi connectivity index (χ2n) is 3.20. The second-order valence-corrected chi connectivity index (χ2v) is 3.61. The van der Waals surface area contributed by atoms with Gasteiger partial charge in [0.15, 0.2) is 0 Å². The first-order chi connectivity index (χ1) is 8.08. The SMILES string of the molecule is CNc1cc(O)c(NC(=O)NCCO)cc1Cl. The molecule has 1 aromatic carbocycles. The van der Waals surface area contributed by atoms with Crippen molar-refractivity contribution in [3.8, 4) is 5.75 Å². The number of hydrogen-bond donors (Lipinski definition) is 5. The Morgan fingerprint density at radius 1 is 1.41 bits per heavy atom. The normalized spacial score (nSPS) is 9.82. The molecule has 0 spiro atoms. The zero-order valence-corrected chi connectivity index (χ0v) is 10.0. The number of hydrogen-bond acceptors (Lipinski definition) is 4. The van der Waals surface area contributed by atoms with Gasteiger partial charge in [-0.1, -0.05) is 11.6 Å². The molecule has 6 nitrogen and oxygen atoms in total. The molecule has 5 N–H and O–H groups in total. The minimum Gasteiger partial charge on any atom is -0.506 e. The molecule has 1 rings (SSSR count). The van der Waals surface area contributed by atoms with Gasteiger partial charge in [-0.3, -0.25) is 0 Å². The van der Waals surface area contributed by atoms with E-state index >= 15 is 0 Å². The van der Waals surface area contributed by atoms with Crippen molar-refractivity contribution in [3.05, 3.63) is 17.2 Å². The topological polar surface area (TPSA) is 93.6 Å². The van der Waals surface area contributed by atoms with Crippen molar-refractivity contribution >= 4 is 29.0 Å². The molecular weight excluding hydrogens is 246 g/mol. The first-order valence-corrected chi connectivity index (χ1v) is 5.32. The molecule has 2 amide bonds. The van der Waals surface area contributed by atoms with Crippen LogP contribution < -0.4 is 16.0 Å². The highest BCUT2D eigenvalue weighted by atomic mass is 35.5. The largest absolute Gasteiger partial charge is 0.506 e. The molecule has 0 aromatic heterocycles. The summed E-state index contributed by atoms with van der Waals surface area (Å²) >= 11 is 5.90. The maximum Gasteiger partial charge on any atom is 0.319 e. The van der Waals surface area contributed by atoms with Gasteiger partial charge < -0.3 is 26.2 Å². The minimum absolute atomic E-state index is 0.0992. The summed E-state index contributed by atoms with van der Waals surface area (Å²) in [6.07, 6.45) is 0. The van der Waals surface area contributed by atoms with E-state index in [0.29, 0.717) is 10.7 Å². The van der Waals surface area contributed by atoms with E-state index in [2.05, 4.69) is 16.0 Å². The molecule has 0 aliphatic heterocycles. The standard InChI is InChI=1S/C10H14ClN3O3/c1-12-7-5-9(16)8(4-6(7)11)14-10(17)13-2-3-15/h4-5,12,15-16H,2-3H2,1H3,(H2,13,14,17). The van der Waals surface area contributed by atoms with Crippen LogP contribution in [0.5, 0.6) is 5.75 Å². The van der Waals surface area contributed by atoms with Gasteiger partial charge in [-0.15, -0.1) is 0 Å². The number of aliphatic hydroxyl groups is 1. The van der Waals surface area contributed by atoms with E-state index in [0.717, 1.165) is 0 Å². The summed E-state index contributed by atoms with van der Waals surface area (Å²) in [4.78, 5) is 11.3. The van der Waals surface area contributed by atoms with E-state index in [1.807, 2.05) is 0 Å². The molecular formula is C10H14ClN3O3. The van der Waals surface area contributed by atoms with Crippen molar-refractivity contribution in [2.45, 2.75) is 0 Å². The van der Waals surface area contributed by atoms with Crippen LogP contribution in [0.25, 0.3) is 0 Å². The van der Waals surface area contributed by atoms with Gasteiger partial charge in [0.25, 0.3) is 0 Å². The second kappa shape index (κ2) is 6.17. The average Bonchev–Trinajstić information content (AvgIpc) is 2.30. The number of rotatable bonds is 4. The van der Waals surface area contributed by atoms with Crippen molar-refractivity contribution < 1.29 is 15.0 Å². The number of carbonyl (C=O) groups excluding carboxylic acids is 1. The monoisotopic (exact) mass is 259 g/mol. The average molecular weight is 260 g/mol. The summed E-state index contributed by atoms with van der Waals surface area (Å²) in [5.41, 5.74) is 0.759. The van der Waals surface area contributed by atoms with E-state index in [4.69, 9.17) is 16.7 Å². The van der Waals surface area contributed by atoms with E-state index in [1.54, 1.807) is 7.05 Å². The lowest BCUT2D eigenvalue weighted by Gasteiger charge is -2.11. The third-order valence-corrected chi connectivity index (χ3v) is 2.31. The minimum atomic E-state index is -0.525. The Kier molecular flexibility index (Phi) is 4.86. The molecule has 0 heterocycles. The number of phenolic OH excluding ortho intramolecular Hbond substituents is 1. The van der Waals surface area contributed by atoms with E-state index < -0.39 is 6.03 Å². The number of carbonyl (C=O) groups is 1. The van der Waals surface area contributed by atoms with Crippen LogP contribution in [-0.4, -0.2) is 36.4 Å². The van der Waals surface area contributed by atoms with Crippen LogP contribution in [-0.2, 0) is 0 Å². The summed E-state index contributed by atoms with van der Waals surface area (Å²) in [5.74, 6) is -0.0992. The van der Waals surface area contributed by atoms with Gasteiger partial charge >= 0.3 is 6.03 Å². The number of anilines is 2. The molecule has 7 heteroatoms. The fourth-order valence-corrected chi connectivity index (χ4v) is 1.45. The summed E-state index contributed by atoms with van der Waals surface area (Å²) in [7, 11) is 1.67. The lowest BCUT2D eigenvalue weighted by molar-refractivity contribution is 0.244. The van der Waals surface area contributed by atoms with Gasteiger partial charge in [-0.05, 0) is 6.07 Å². The van der Waals surface area contributed by atoms with Crippen molar-refractivity contribution in [3.63, 3.8) is 0 Å². The van der Waals surface area contributed by atoms with Gasteiger partial charge in [0, 0.05) is 19.7 Å². The van der Waals surface area contributed by atoms with E-state index in [-0.39, 0.29) is 24.6 Å². The summed E-state index contributed by atoms with van der Waals surface area (Å²) < 4.78 is 0. The van der Waals surface area contributed by atoms with Crippen LogP contribution >= 0.6 is 11.6 Å². The molecule has 0 bridgehead atoms. The molecule has 0 radical (unpaired) electrons. The van der Waals surface area contributed by atoms with Crippen LogP contribution in [0.15, 0.2) is 12.1 Å². The zero-order chi connectivity index (χ0) is 12.8. The number of benzene rings is 1. The van der Waals surface area contributed by atoms with Crippen LogP contribution in [0.2, 0.25) is 5.02 Å². The van der Waals surface area contributed by atoms with E-state index in [9.17, 15) is 9.90 Å². The Balaban J connectivity index is 2.78. The van der Waals surface area contributed by atoms with Crippen molar-refractivity contribution in [1.82, 2.24) is 5.32 Å². The molecule has 0 saturated carbocycles. The number of phenols is 1. The number of aromatic hydroxyl groups is 1. The Hall–Kier alpha value is -1.66. The van der Waals surface area contributed by atoms with Gasteiger partial charge in [0.1, 0.15) is 5.75 Å². The molecule has 94 valence electrons. The molecule has 0 aliphatic carbocycles. The van der Waals surface area contributed by atoms with Crippen LogP contribution in [0.4, 0.5) is 16.2 Å². The molecule has 1 aromatic rings. The quantitative estimate of drug-likeness (QED) is 0.525. The molecule has 0 atom stereocenters. The molecule has 0 fully saturated rings. The maximum atomic E-state index is 11.3. The molecule has 17 heavy (non-hydrogen) atoms. The first-order valence-electron chi connectivity index (χ1n) is 4.94. The Morgan fingerprint density at radius 2 is 2.12 bits per heavy atom. The van der Waals surface area contributed by atoms with Crippen LogP contribution in [0.3, 0.4) is 0 Å². The number of urea groups is 1. The number of amides is 2. The fourth-order valence-electron chi connectivity index (χ4n) is 1.19. The molecule has 0 saturated heterocycles. The Bertz CT molecular complexity index is 412. The third-order valence-electron chi connectivity index (χ3n) is 2.00. The lowest BCUT2D eigenvalue weighted by atomic mass is 10.2. The Morgan fingerprint density at radius 3 is 2.71 bits per heavy atom. The van der Waals surface area contributed by atoms with Crippen LogP contribution in [0.1, 0.15) is 0 Å². The zero-order valence-electron chi connectivity index (χ0n) is 9.25. The number of aliphatic hydroxyl groups excluding tert-OH is 1. The predicted molar refractivity (Wildman–Crippen MR) is 66.8 cm³/mol. The van der Waals surface area contributed by atoms with Crippen LogP contribution in [0, 0.1) is 0 Å². The highest BCUT2D eigenvalue weighted by molar-refractivity contribution is 6.33. The van der Waals surface area contributed by atoms with Crippen molar-refractivity contribution in [2.75, 3.05) is 30.8 Å². The number of halogens is 1. The predicted octanol–water partition coefficient (Wildman–Crippen LogP) is 1.20. The van der Waals surface area contributed by atoms with Gasteiger partial charge in [-0.2, -0.15) is 0 Å².